The van der Waals surface area contributed by atoms with Crippen LogP contribution in [-0.2, 0) is 0 Å². The van der Waals surface area contributed by atoms with Crippen molar-refractivity contribution in [3.05, 3.63) is 46.0 Å². The van der Waals surface area contributed by atoms with E-state index in [0.717, 1.165) is 17.1 Å². The molecule has 0 bridgehead atoms. The maximum Gasteiger partial charge on any atom is 0.0536 e. The van der Waals surface area contributed by atoms with Gasteiger partial charge in [0.15, 0.2) is 0 Å². The quantitative estimate of drug-likeness (QED) is 0.780. The summed E-state index contributed by atoms with van der Waals surface area (Å²) in [5, 5.41) is 4.43. The van der Waals surface area contributed by atoms with E-state index < -0.39 is 0 Å². The molecule has 1 nitrogen and oxygen atoms in total. The van der Waals surface area contributed by atoms with Gasteiger partial charge in [0.25, 0.3) is 0 Å². The molecule has 1 N–H and O–H groups in total. The number of rotatable bonds is 4. The lowest BCUT2D eigenvalue weighted by Crippen LogP contribution is -2.22. The average Bonchev–Trinajstić information content (AvgIpc) is 2.83. The lowest BCUT2D eigenvalue weighted by atomic mass is 9.97. The van der Waals surface area contributed by atoms with Crippen LogP contribution in [0.5, 0.6) is 0 Å². The SMILES string of the molecule is CCNC(C1=CCCC1)c1ccc(Cl)c(C)c1. The van der Waals surface area contributed by atoms with Crippen LogP contribution in [0.2, 0.25) is 5.02 Å². The molecule has 0 radical (unpaired) electrons. The van der Waals surface area contributed by atoms with Crippen molar-refractivity contribution in [2.75, 3.05) is 6.54 Å². The molecule has 2 rings (SSSR count). The van der Waals surface area contributed by atoms with E-state index in [9.17, 15) is 0 Å². The third-order valence-corrected chi connectivity index (χ3v) is 3.79. The van der Waals surface area contributed by atoms with Crippen LogP contribution in [-0.4, -0.2) is 6.54 Å². The molecule has 0 saturated heterocycles. The Hall–Kier alpha value is -0.790. The fourth-order valence-corrected chi connectivity index (χ4v) is 2.59. The Labute approximate surface area is 109 Å². The molecule has 1 aliphatic rings. The summed E-state index contributed by atoms with van der Waals surface area (Å²) >= 11 is 6.09. The van der Waals surface area contributed by atoms with Crippen molar-refractivity contribution >= 4 is 11.6 Å². The Morgan fingerprint density at radius 3 is 2.82 bits per heavy atom. The molecule has 1 aromatic carbocycles. The van der Waals surface area contributed by atoms with Crippen molar-refractivity contribution < 1.29 is 0 Å². The molecule has 1 unspecified atom stereocenters. The van der Waals surface area contributed by atoms with Crippen molar-refractivity contribution in [3.8, 4) is 0 Å². The fourth-order valence-electron chi connectivity index (χ4n) is 2.47. The Morgan fingerprint density at radius 2 is 2.24 bits per heavy atom. The highest BCUT2D eigenvalue weighted by atomic mass is 35.5. The third-order valence-electron chi connectivity index (χ3n) is 3.37. The predicted octanol–water partition coefficient (Wildman–Crippen LogP) is 4.41. The van der Waals surface area contributed by atoms with Gasteiger partial charge in [0.05, 0.1) is 6.04 Å². The zero-order chi connectivity index (χ0) is 12.3. The monoisotopic (exact) mass is 249 g/mol. The minimum absolute atomic E-state index is 0.374. The summed E-state index contributed by atoms with van der Waals surface area (Å²) in [5.41, 5.74) is 4.03. The van der Waals surface area contributed by atoms with Crippen LogP contribution >= 0.6 is 11.6 Å². The zero-order valence-corrected chi connectivity index (χ0v) is 11.3. The van der Waals surface area contributed by atoms with E-state index in [1.165, 1.54) is 30.4 Å². The maximum atomic E-state index is 6.09. The summed E-state index contributed by atoms with van der Waals surface area (Å²) < 4.78 is 0. The van der Waals surface area contributed by atoms with Crippen LogP contribution in [0.3, 0.4) is 0 Å². The number of halogens is 1. The minimum Gasteiger partial charge on any atom is -0.307 e. The van der Waals surface area contributed by atoms with Gasteiger partial charge < -0.3 is 5.32 Å². The first-order chi connectivity index (χ1) is 8.22. The largest absolute Gasteiger partial charge is 0.307 e. The van der Waals surface area contributed by atoms with Crippen molar-refractivity contribution in [2.24, 2.45) is 0 Å². The number of hydrogen-bond acceptors (Lipinski definition) is 1. The summed E-state index contributed by atoms with van der Waals surface area (Å²) in [6.45, 7) is 5.22. The highest BCUT2D eigenvalue weighted by molar-refractivity contribution is 6.31. The molecule has 0 aliphatic heterocycles. The number of aryl methyl sites for hydroxylation is 1. The Balaban J connectivity index is 2.28. The highest BCUT2D eigenvalue weighted by Crippen LogP contribution is 2.32. The van der Waals surface area contributed by atoms with E-state index in [2.05, 4.69) is 37.4 Å². The van der Waals surface area contributed by atoms with Gasteiger partial charge in [0.2, 0.25) is 0 Å². The molecule has 0 spiro atoms. The number of allylic oxidation sites excluding steroid dienone is 1. The van der Waals surface area contributed by atoms with E-state index in [1.54, 1.807) is 0 Å². The Morgan fingerprint density at radius 1 is 1.41 bits per heavy atom. The van der Waals surface area contributed by atoms with Gasteiger partial charge in [-0.3, -0.25) is 0 Å². The van der Waals surface area contributed by atoms with Crippen molar-refractivity contribution in [2.45, 2.75) is 39.2 Å². The summed E-state index contributed by atoms with van der Waals surface area (Å²) in [7, 11) is 0. The second kappa shape index (κ2) is 5.70. The van der Waals surface area contributed by atoms with Crippen LogP contribution in [0.1, 0.15) is 43.4 Å². The summed E-state index contributed by atoms with van der Waals surface area (Å²) in [4.78, 5) is 0. The lowest BCUT2D eigenvalue weighted by Gasteiger charge is -2.20. The molecule has 2 heteroatoms. The van der Waals surface area contributed by atoms with Gasteiger partial charge in [0.1, 0.15) is 0 Å². The third kappa shape index (κ3) is 2.91. The molecule has 1 aromatic rings. The molecular formula is C15H20ClN. The Kier molecular flexibility index (Phi) is 4.25. The Bertz CT molecular complexity index is 423. The molecule has 0 heterocycles. The van der Waals surface area contributed by atoms with Crippen molar-refractivity contribution in [1.82, 2.24) is 5.32 Å². The van der Waals surface area contributed by atoms with Gasteiger partial charge in [-0.2, -0.15) is 0 Å². The summed E-state index contributed by atoms with van der Waals surface area (Å²) in [6.07, 6.45) is 6.13. The van der Waals surface area contributed by atoms with Crippen LogP contribution in [0.15, 0.2) is 29.8 Å². The molecular weight excluding hydrogens is 230 g/mol. The first-order valence-corrected chi connectivity index (χ1v) is 6.78. The van der Waals surface area contributed by atoms with E-state index >= 15 is 0 Å². The molecule has 17 heavy (non-hydrogen) atoms. The molecule has 92 valence electrons. The van der Waals surface area contributed by atoms with Crippen LogP contribution < -0.4 is 5.32 Å². The van der Waals surface area contributed by atoms with Gasteiger partial charge in [-0.15, -0.1) is 0 Å². The first-order valence-electron chi connectivity index (χ1n) is 6.40. The predicted molar refractivity (Wildman–Crippen MR) is 74.5 cm³/mol. The molecule has 1 aliphatic carbocycles. The van der Waals surface area contributed by atoms with E-state index in [-0.39, 0.29) is 0 Å². The number of benzene rings is 1. The zero-order valence-electron chi connectivity index (χ0n) is 10.6. The van der Waals surface area contributed by atoms with Crippen LogP contribution in [0.25, 0.3) is 0 Å². The summed E-state index contributed by atoms with van der Waals surface area (Å²) in [5.74, 6) is 0. The minimum atomic E-state index is 0.374. The van der Waals surface area contributed by atoms with Gasteiger partial charge in [0, 0.05) is 5.02 Å². The number of likely N-dealkylation sites (N-methyl/N-ethyl adjacent to an activating group) is 1. The van der Waals surface area contributed by atoms with E-state index in [0.29, 0.717) is 6.04 Å². The van der Waals surface area contributed by atoms with Gasteiger partial charge in [-0.05, 0) is 49.9 Å². The van der Waals surface area contributed by atoms with Gasteiger partial charge in [-0.1, -0.05) is 42.3 Å². The number of hydrogen-bond donors (Lipinski definition) is 1. The molecule has 1 atom stereocenters. The average molecular weight is 250 g/mol. The molecule has 0 aromatic heterocycles. The summed E-state index contributed by atoms with van der Waals surface area (Å²) in [6, 6.07) is 6.72. The molecule has 0 fully saturated rings. The van der Waals surface area contributed by atoms with Crippen molar-refractivity contribution in [3.63, 3.8) is 0 Å². The van der Waals surface area contributed by atoms with E-state index in [4.69, 9.17) is 11.6 Å². The van der Waals surface area contributed by atoms with Crippen LogP contribution in [0, 0.1) is 6.92 Å². The molecule has 0 saturated carbocycles. The lowest BCUT2D eigenvalue weighted by molar-refractivity contribution is 0.605. The van der Waals surface area contributed by atoms with Crippen LogP contribution in [0.4, 0.5) is 0 Å². The maximum absolute atomic E-state index is 6.09. The van der Waals surface area contributed by atoms with Crippen molar-refractivity contribution in [1.29, 1.82) is 0 Å². The van der Waals surface area contributed by atoms with Gasteiger partial charge >= 0.3 is 0 Å². The molecule has 0 amide bonds. The first kappa shape index (κ1) is 12.7. The van der Waals surface area contributed by atoms with E-state index in [1.807, 2.05) is 6.07 Å². The fraction of sp³-hybridized carbons (Fsp3) is 0.467. The van der Waals surface area contributed by atoms with Gasteiger partial charge in [-0.25, -0.2) is 0 Å². The second-order valence-electron chi connectivity index (χ2n) is 4.67. The smallest absolute Gasteiger partial charge is 0.0536 e. The topological polar surface area (TPSA) is 12.0 Å². The number of nitrogens with one attached hydrogen (secondary N) is 1. The standard InChI is InChI=1S/C15H20ClN/c1-3-17-15(12-6-4-5-7-12)13-8-9-14(16)11(2)10-13/h6,8-10,15,17H,3-5,7H2,1-2H3. The normalized spacial score (nSPS) is 17.0. The second-order valence-corrected chi connectivity index (χ2v) is 5.08. The highest BCUT2D eigenvalue weighted by Gasteiger charge is 2.18.